The molecule has 9 nitrogen and oxygen atoms in total. The molecule has 3 N–H and O–H groups in total. The molecular formula is C28H29FN6O3. The lowest BCUT2D eigenvalue weighted by Gasteiger charge is -2.09. The Morgan fingerprint density at radius 2 is 1.92 bits per heavy atom. The van der Waals surface area contributed by atoms with Gasteiger partial charge in [-0.15, -0.1) is 0 Å². The van der Waals surface area contributed by atoms with E-state index in [1.165, 1.54) is 6.26 Å². The number of oxazole rings is 1. The Hall–Kier alpha value is -4.31. The number of hydrogen-bond acceptors (Lipinski definition) is 7. The standard InChI is InChI=1S/C28H29FN6O3/c1-37-20-7-4-18(5-8-20)19-6-9-22-23(15-19)34-26(33-22)10-13-30-14-11-27-35-25(17-38-27)28(36)32-16-24-21(29)3-2-12-31-24/h4-9,12,15,17,30H,2-3,10-11,13-14,16H2,1H3,(H,32,36)(H,33,34). The second-order valence-electron chi connectivity index (χ2n) is 8.91. The van der Waals surface area contributed by atoms with E-state index in [1.807, 2.05) is 30.3 Å². The van der Waals surface area contributed by atoms with Crippen LogP contribution >= 0.6 is 0 Å². The number of aromatic amines is 1. The predicted molar refractivity (Wildman–Crippen MR) is 143 cm³/mol. The smallest absolute Gasteiger partial charge is 0.273 e. The number of amides is 1. The number of carbonyl (C=O) groups excluding carboxylic acids is 1. The zero-order chi connectivity index (χ0) is 26.3. The van der Waals surface area contributed by atoms with Crippen LogP contribution in [0.15, 0.2) is 69.7 Å². The normalized spacial score (nSPS) is 13.3. The van der Waals surface area contributed by atoms with Crippen molar-refractivity contribution in [2.24, 2.45) is 4.99 Å². The van der Waals surface area contributed by atoms with Crippen molar-refractivity contribution in [2.75, 3.05) is 26.7 Å². The molecule has 4 aromatic rings. The Morgan fingerprint density at radius 3 is 2.74 bits per heavy atom. The number of carbonyl (C=O) groups is 1. The summed E-state index contributed by atoms with van der Waals surface area (Å²) >= 11 is 0. The molecule has 0 fully saturated rings. The van der Waals surface area contributed by atoms with E-state index in [2.05, 4.69) is 42.7 Å². The highest BCUT2D eigenvalue weighted by atomic mass is 19.1. The first-order valence-corrected chi connectivity index (χ1v) is 12.6. The number of rotatable bonds is 11. The van der Waals surface area contributed by atoms with Crippen molar-refractivity contribution in [3.63, 3.8) is 0 Å². The maximum Gasteiger partial charge on any atom is 0.273 e. The van der Waals surface area contributed by atoms with Crippen LogP contribution in [0, 0.1) is 0 Å². The molecule has 0 bridgehead atoms. The molecule has 2 aromatic heterocycles. The van der Waals surface area contributed by atoms with E-state index >= 15 is 0 Å². The van der Waals surface area contributed by atoms with Crippen molar-refractivity contribution in [1.29, 1.82) is 0 Å². The predicted octanol–water partition coefficient (Wildman–Crippen LogP) is 4.38. The van der Waals surface area contributed by atoms with Crippen LogP contribution in [0.3, 0.4) is 0 Å². The number of fused-ring (bicyclic) bond motifs is 1. The minimum Gasteiger partial charge on any atom is -0.497 e. The molecule has 0 saturated heterocycles. The highest BCUT2D eigenvalue weighted by molar-refractivity contribution is 5.92. The minimum atomic E-state index is -0.422. The van der Waals surface area contributed by atoms with E-state index < -0.39 is 5.91 Å². The Morgan fingerprint density at radius 1 is 1.11 bits per heavy atom. The molecule has 196 valence electrons. The fourth-order valence-electron chi connectivity index (χ4n) is 4.18. The van der Waals surface area contributed by atoms with Crippen LogP contribution in [-0.4, -0.2) is 53.8 Å². The van der Waals surface area contributed by atoms with Gasteiger partial charge in [0.05, 0.1) is 30.4 Å². The number of benzene rings is 2. The van der Waals surface area contributed by atoms with Crippen molar-refractivity contribution in [3.8, 4) is 16.9 Å². The highest BCUT2D eigenvalue weighted by Gasteiger charge is 2.15. The number of ether oxygens (including phenoxy) is 1. The zero-order valence-corrected chi connectivity index (χ0v) is 21.1. The summed E-state index contributed by atoms with van der Waals surface area (Å²) < 4.78 is 24.4. The Labute approximate surface area is 219 Å². The van der Waals surface area contributed by atoms with Gasteiger partial charge in [-0.3, -0.25) is 9.79 Å². The van der Waals surface area contributed by atoms with Crippen molar-refractivity contribution in [2.45, 2.75) is 25.7 Å². The van der Waals surface area contributed by atoms with Crippen molar-refractivity contribution >= 4 is 23.2 Å². The van der Waals surface area contributed by atoms with Crippen LogP contribution in [0.1, 0.15) is 35.0 Å². The van der Waals surface area contributed by atoms with Gasteiger partial charge in [-0.25, -0.2) is 14.4 Å². The van der Waals surface area contributed by atoms with Crippen LogP contribution < -0.4 is 15.4 Å². The van der Waals surface area contributed by atoms with Crippen molar-refractivity contribution < 1.29 is 18.3 Å². The fourth-order valence-corrected chi connectivity index (χ4v) is 4.18. The van der Waals surface area contributed by atoms with Crippen molar-refractivity contribution in [3.05, 3.63) is 77.7 Å². The van der Waals surface area contributed by atoms with Crippen LogP contribution in [0.4, 0.5) is 4.39 Å². The summed E-state index contributed by atoms with van der Waals surface area (Å²) in [6.07, 6.45) is 5.13. The number of allylic oxidation sites excluding steroid dienone is 1. The molecular weight excluding hydrogens is 487 g/mol. The average molecular weight is 517 g/mol. The third-order valence-electron chi connectivity index (χ3n) is 6.26. The number of imidazole rings is 1. The maximum atomic E-state index is 13.7. The monoisotopic (exact) mass is 516 g/mol. The topological polar surface area (TPSA) is 117 Å². The lowest BCUT2D eigenvalue weighted by atomic mass is 10.1. The van der Waals surface area contributed by atoms with Crippen LogP contribution in [-0.2, 0) is 12.8 Å². The zero-order valence-electron chi connectivity index (χ0n) is 21.1. The number of nitrogens with one attached hydrogen (secondary N) is 3. The number of aromatic nitrogens is 3. The number of nitrogens with zero attached hydrogens (tertiary/aromatic N) is 3. The van der Waals surface area contributed by atoms with Crippen LogP contribution in [0.2, 0.25) is 0 Å². The number of methoxy groups -OCH3 is 1. The number of aliphatic imine (C=N–C) groups is 1. The lowest BCUT2D eigenvalue weighted by Crippen LogP contribution is -2.26. The van der Waals surface area contributed by atoms with Gasteiger partial charge in [-0.1, -0.05) is 18.2 Å². The Kier molecular flexibility index (Phi) is 7.89. The van der Waals surface area contributed by atoms with Crippen LogP contribution in [0.5, 0.6) is 5.75 Å². The molecule has 0 spiro atoms. The fraction of sp³-hybridized carbons (Fsp3) is 0.286. The lowest BCUT2D eigenvalue weighted by molar-refractivity contribution is 0.0951. The SMILES string of the molecule is COc1ccc(-c2ccc3nc(CCNCCc4nc(C(=O)NCC5=C(F)CCC=N5)co4)[nH]c3c2)cc1. The van der Waals surface area contributed by atoms with E-state index in [1.54, 1.807) is 13.3 Å². The number of halogens is 1. The molecule has 1 aliphatic rings. The summed E-state index contributed by atoms with van der Waals surface area (Å²) in [5, 5.41) is 5.98. The van der Waals surface area contributed by atoms with Crippen molar-refractivity contribution in [1.82, 2.24) is 25.6 Å². The quantitative estimate of drug-likeness (QED) is 0.255. The summed E-state index contributed by atoms with van der Waals surface area (Å²) in [6.45, 7) is 1.38. The van der Waals surface area contributed by atoms with E-state index in [0.29, 0.717) is 31.7 Å². The number of hydrogen-bond donors (Lipinski definition) is 3. The molecule has 1 aliphatic heterocycles. The van der Waals surface area contributed by atoms with Gasteiger partial charge in [-0.2, -0.15) is 0 Å². The second-order valence-corrected chi connectivity index (χ2v) is 8.91. The largest absolute Gasteiger partial charge is 0.497 e. The van der Waals surface area contributed by atoms with Gasteiger partial charge < -0.3 is 24.8 Å². The molecule has 1 amide bonds. The molecule has 10 heteroatoms. The minimum absolute atomic E-state index is 0.0233. The second kappa shape index (κ2) is 11.8. The molecule has 5 rings (SSSR count). The van der Waals surface area contributed by atoms with Gasteiger partial charge >= 0.3 is 0 Å². The van der Waals surface area contributed by atoms with E-state index in [9.17, 15) is 9.18 Å². The highest BCUT2D eigenvalue weighted by Crippen LogP contribution is 2.25. The summed E-state index contributed by atoms with van der Waals surface area (Å²) in [5.41, 5.74) is 4.56. The van der Waals surface area contributed by atoms with Gasteiger partial charge in [0.1, 0.15) is 23.7 Å². The third kappa shape index (κ3) is 6.15. The van der Waals surface area contributed by atoms with Gasteiger partial charge in [-0.05, 0) is 41.8 Å². The van der Waals surface area contributed by atoms with Crippen LogP contribution in [0.25, 0.3) is 22.2 Å². The molecule has 38 heavy (non-hydrogen) atoms. The van der Waals surface area contributed by atoms with E-state index in [4.69, 9.17) is 9.15 Å². The third-order valence-corrected chi connectivity index (χ3v) is 6.26. The average Bonchev–Trinajstić information content (AvgIpc) is 3.59. The molecule has 0 atom stereocenters. The Balaban J connectivity index is 1.06. The summed E-state index contributed by atoms with van der Waals surface area (Å²) in [5.74, 6) is 1.48. The van der Waals surface area contributed by atoms with Gasteiger partial charge in [0.15, 0.2) is 11.6 Å². The first kappa shape index (κ1) is 25.3. The first-order valence-electron chi connectivity index (χ1n) is 12.6. The first-order chi connectivity index (χ1) is 18.6. The van der Waals surface area contributed by atoms with Gasteiger partial charge in [0.2, 0.25) is 0 Å². The number of H-pyrrole nitrogens is 1. The molecule has 3 heterocycles. The molecule has 0 unspecified atom stereocenters. The molecule has 0 aliphatic carbocycles. The van der Waals surface area contributed by atoms with Gasteiger partial charge in [0, 0.05) is 38.6 Å². The maximum absolute atomic E-state index is 13.7. The summed E-state index contributed by atoms with van der Waals surface area (Å²) in [6, 6.07) is 14.2. The van der Waals surface area contributed by atoms with E-state index in [-0.39, 0.29) is 23.8 Å². The Bertz CT molecular complexity index is 1470. The molecule has 0 saturated carbocycles. The summed E-state index contributed by atoms with van der Waals surface area (Å²) in [7, 11) is 1.66. The summed E-state index contributed by atoms with van der Waals surface area (Å²) in [4.78, 5) is 28.6. The van der Waals surface area contributed by atoms with E-state index in [0.717, 1.165) is 46.7 Å². The van der Waals surface area contributed by atoms with Gasteiger partial charge in [0.25, 0.3) is 5.91 Å². The molecule has 2 aromatic carbocycles. The molecule has 0 radical (unpaired) electrons.